The maximum atomic E-state index is 13.0. The van der Waals surface area contributed by atoms with Crippen molar-refractivity contribution in [1.29, 1.82) is 0 Å². The van der Waals surface area contributed by atoms with Crippen molar-refractivity contribution in [2.45, 2.75) is 46.8 Å². The lowest BCUT2D eigenvalue weighted by molar-refractivity contribution is -0.155. The predicted molar refractivity (Wildman–Crippen MR) is 105 cm³/mol. The number of hydrogen-bond donors (Lipinski definition) is 0. The fourth-order valence-electron chi connectivity index (χ4n) is 2.71. The average Bonchev–Trinajstić information content (AvgIpc) is 2.96. The van der Waals surface area contributed by atoms with E-state index in [0.29, 0.717) is 10.2 Å². The molecule has 2 heterocycles. The van der Waals surface area contributed by atoms with Crippen molar-refractivity contribution in [2.75, 3.05) is 0 Å². The molecular formula is C20H22N2O3S. The first-order valence-corrected chi connectivity index (χ1v) is 9.30. The van der Waals surface area contributed by atoms with E-state index >= 15 is 0 Å². The molecule has 0 bridgehead atoms. The minimum atomic E-state index is -0.592. The molecule has 0 fully saturated rings. The van der Waals surface area contributed by atoms with Crippen molar-refractivity contribution in [3.63, 3.8) is 0 Å². The minimum Gasteiger partial charge on any atom is -0.459 e. The Kier molecular flexibility index (Phi) is 4.71. The van der Waals surface area contributed by atoms with E-state index in [2.05, 4.69) is 18.0 Å². The highest BCUT2D eigenvalue weighted by Crippen LogP contribution is 2.31. The Bertz CT molecular complexity index is 1040. The summed E-state index contributed by atoms with van der Waals surface area (Å²) >= 11 is 1.43. The fourth-order valence-corrected chi connectivity index (χ4v) is 3.62. The van der Waals surface area contributed by atoms with Gasteiger partial charge < -0.3 is 4.74 Å². The smallest absolute Gasteiger partial charge is 0.326 e. The van der Waals surface area contributed by atoms with Gasteiger partial charge in [-0.2, -0.15) is 0 Å². The molecule has 0 atom stereocenters. The van der Waals surface area contributed by atoms with Gasteiger partial charge in [-0.1, -0.05) is 18.2 Å². The van der Waals surface area contributed by atoms with E-state index in [0.717, 1.165) is 11.1 Å². The second-order valence-electron chi connectivity index (χ2n) is 7.39. The van der Waals surface area contributed by atoms with Gasteiger partial charge in [-0.3, -0.25) is 14.2 Å². The van der Waals surface area contributed by atoms with Crippen LogP contribution in [-0.4, -0.2) is 21.1 Å². The number of esters is 1. The highest BCUT2D eigenvalue weighted by atomic mass is 32.1. The molecule has 6 heteroatoms. The molecular weight excluding hydrogens is 348 g/mol. The van der Waals surface area contributed by atoms with Gasteiger partial charge in [-0.15, -0.1) is 11.3 Å². The molecule has 0 unspecified atom stereocenters. The number of hydrogen-bond acceptors (Lipinski definition) is 5. The molecule has 5 nitrogen and oxygen atoms in total. The van der Waals surface area contributed by atoms with Crippen LogP contribution < -0.4 is 5.56 Å². The highest BCUT2D eigenvalue weighted by Gasteiger charge is 2.19. The number of fused-ring (bicyclic) bond motifs is 1. The van der Waals surface area contributed by atoms with Crippen molar-refractivity contribution in [3.8, 4) is 11.1 Å². The number of rotatable bonds is 3. The van der Waals surface area contributed by atoms with Gasteiger partial charge in [0.15, 0.2) is 0 Å². The van der Waals surface area contributed by atoms with Crippen LogP contribution in [0.15, 0.2) is 34.7 Å². The SMILES string of the molecule is Cc1ccc(-c2csc3ncn(CC(=O)OC(C)(C)C)c(=O)c23)cc1C. The van der Waals surface area contributed by atoms with Gasteiger partial charge in [0.05, 0.1) is 11.7 Å². The zero-order valence-corrected chi connectivity index (χ0v) is 16.4. The third-order valence-corrected chi connectivity index (χ3v) is 4.98. The number of benzene rings is 1. The van der Waals surface area contributed by atoms with E-state index in [-0.39, 0.29) is 12.1 Å². The van der Waals surface area contributed by atoms with Gasteiger partial charge in [0.2, 0.25) is 0 Å². The summed E-state index contributed by atoms with van der Waals surface area (Å²) < 4.78 is 6.62. The summed E-state index contributed by atoms with van der Waals surface area (Å²) in [6, 6.07) is 6.12. The molecule has 3 rings (SSSR count). The van der Waals surface area contributed by atoms with E-state index in [1.54, 1.807) is 20.8 Å². The summed E-state index contributed by atoms with van der Waals surface area (Å²) in [6.07, 6.45) is 1.41. The van der Waals surface area contributed by atoms with Gasteiger partial charge in [-0.05, 0) is 51.3 Å². The summed E-state index contributed by atoms with van der Waals surface area (Å²) in [5.41, 5.74) is 3.38. The van der Waals surface area contributed by atoms with E-state index in [1.165, 1.54) is 33.4 Å². The Morgan fingerprint density at radius 3 is 2.62 bits per heavy atom. The normalized spacial score (nSPS) is 11.7. The molecule has 0 spiro atoms. The van der Waals surface area contributed by atoms with E-state index in [4.69, 9.17) is 4.74 Å². The number of carbonyl (C=O) groups is 1. The van der Waals surface area contributed by atoms with Crippen molar-refractivity contribution in [2.24, 2.45) is 0 Å². The Balaban J connectivity index is 2.04. The topological polar surface area (TPSA) is 61.2 Å². The predicted octanol–water partition coefficient (Wildman–Crippen LogP) is 4.08. The molecule has 1 aromatic carbocycles. The molecule has 0 radical (unpaired) electrons. The van der Waals surface area contributed by atoms with E-state index in [9.17, 15) is 9.59 Å². The maximum Gasteiger partial charge on any atom is 0.326 e. The van der Waals surface area contributed by atoms with Crippen LogP contribution in [0.25, 0.3) is 21.3 Å². The lowest BCUT2D eigenvalue weighted by Crippen LogP contribution is -2.30. The van der Waals surface area contributed by atoms with Crippen LogP contribution >= 0.6 is 11.3 Å². The first-order chi connectivity index (χ1) is 12.2. The van der Waals surface area contributed by atoms with Crippen LogP contribution in [0.1, 0.15) is 31.9 Å². The standard InChI is InChI=1S/C20H22N2O3S/c1-12-6-7-14(8-13(12)2)15-10-26-18-17(15)19(24)22(11-21-18)9-16(23)25-20(3,4)5/h6-8,10-11H,9H2,1-5H3. The first kappa shape index (κ1) is 18.3. The molecule has 0 saturated carbocycles. The van der Waals surface area contributed by atoms with Gasteiger partial charge >= 0.3 is 5.97 Å². The van der Waals surface area contributed by atoms with Gasteiger partial charge in [0.25, 0.3) is 5.56 Å². The molecule has 0 aliphatic rings. The van der Waals surface area contributed by atoms with Crippen molar-refractivity contribution in [3.05, 3.63) is 51.4 Å². The van der Waals surface area contributed by atoms with Crippen LogP contribution in [0.2, 0.25) is 0 Å². The van der Waals surface area contributed by atoms with Crippen LogP contribution in [0, 0.1) is 13.8 Å². The summed E-state index contributed by atoms with van der Waals surface area (Å²) in [4.78, 5) is 30.1. The fraction of sp³-hybridized carbons (Fsp3) is 0.350. The lowest BCUT2D eigenvalue weighted by Gasteiger charge is -2.19. The van der Waals surface area contributed by atoms with E-state index < -0.39 is 11.6 Å². The number of aromatic nitrogens is 2. The number of nitrogens with zero attached hydrogens (tertiary/aromatic N) is 2. The minimum absolute atomic E-state index is 0.152. The Morgan fingerprint density at radius 2 is 1.96 bits per heavy atom. The number of aryl methyl sites for hydroxylation is 2. The van der Waals surface area contributed by atoms with Crippen molar-refractivity contribution < 1.29 is 9.53 Å². The summed E-state index contributed by atoms with van der Waals surface area (Å²) in [5.74, 6) is -0.455. The second kappa shape index (κ2) is 6.68. The number of ether oxygens (including phenoxy) is 1. The van der Waals surface area contributed by atoms with Crippen molar-refractivity contribution in [1.82, 2.24) is 9.55 Å². The monoisotopic (exact) mass is 370 g/mol. The summed E-state index contributed by atoms with van der Waals surface area (Å²) in [7, 11) is 0. The zero-order chi connectivity index (χ0) is 19.1. The molecule has 136 valence electrons. The Morgan fingerprint density at radius 1 is 1.23 bits per heavy atom. The summed E-state index contributed by atoms with van der Waals surface area (Å²) in [6.45, 7) is 9.34. The molecule has 0 N–H and O–H groups in total. The highest BCUT2D eigenvalue weighted by molar-refractivity contribution is 7.17. The molecule has 0 amide bonds. The van der Waals surface area contributed by atoms with E-state index in [1.807, 2.05) is 24.4 Å². The van der Waals surface area contributed by atoms with Crippen LogP contribution in [0.3, 0.4) is 0 Å². The number of carbonyl (C=O) groups excluding carboxylic acids is 1. The van der Waals surface area contributed by atoms with Crippen LogP contribution in [0.5, 0.6) is 0 Å². The number of thiophene rings is 1. The molecule has 26 heavy (non-hydrogen) atoms. The third kappa shape index (κ3) is 3.70. The van der Waals surface area contributed by atoms with Gasteiger partial charge in [-0.25, -0.2) is 4.98 Å². The second-order valence-corrected chi connectivity index (χ2v) is 8.25. The van der Waals surface area contributed by atoms with Crippen molar-refractivity contribution >= 4 is 27.5 Å². The molecule has 0 saturated heterocycles. The van der Waals surface area contributed by atoms with Crippen LogP contribution in [0.4, 0.5) is 0 Å². The van der Waals surface area contributed by atoms with Gasteiger partial charge in [0.1, 0.15) is 17.0 Å². The Labute approximate surface area is 156 Å². The summed E-state index contributed by atoms with van der Waals surface area (Å²) in [5, 5.41) is 2.49. The molecule has 2 aromatic heterocycles. The largest absolute Gasteiger partial charge is 0.459 e. The average molecular weight is 370 g/mol. The zero-order valence-electron chi connectivity index (χ0n) is 15.6. The molecule has 3 aromatic rings. The molecule has 0 aliphatic carbocycles. The lowest BCUT2D eigenvalue weighted by atomic mass is 10.0. The quantitative estimate of drug-likeness (QED) is 0.652. The first-order valence-electron chi connectivity index (χ1n) is 8.42. The van der Waals surface area contributed by atoms with Gasteiger partial charge in [0, 0.05) is 10.9 Å². The third-order valence-electron chi connectivity index (χ3n) is 4.10. The Hall–Kier alpha value is -2.47. The molecule has 0 aliphatic heterocycles. The van der Waals surface area contributed by atoms with Crippen LogP contribution in [-0.2, 0) is 16.1 Å². The maximum absolute atomic E-state index is 13.0.